The lowest BCUT2D eigenvalue weighted by molar-refractivity contribution is -0.134. The Balaban J connectivity index is 3.00. The number of aromatic amines is 1. The number of carbonyl (C=O) groups is 2. The molecule has 0 bridgehead atoms. The average molecular weight is 302 g/mol. The summed E-state index contributed by atoms with van der Waals surface area (Å²) in [6.07, 6.45) is 0. The lowest BCUT2D eigenvalue weighted by Crippen LogP contribution is -2.38. The second kappa shape index (κ2) is 7.13. The van der Waals surface area contributed by atoms with Crippen molar-refractivity contribution in [3.8, 4) is 0 Å². The second-order valence-electron chi connectivity index (χ2n) is 4.05. The molecule has 1 heterocycles. The van der Waals surface area contributed by atoms with Crippen molar-refractivity contribution in [2.75, 3.05) is 18.8 Å². The van der Waals surface area contributed by atoms with Gasteiger partial charge in [0.15, 0.2) is 5.16 Å². The zero-order valence-corrected chi connectivity index (χ0v) is 12.4. The van der Waals surface area contributed by atoms with Gasteiger partial charge in [0, 0.05) is 13.1 Å². The Morgan fingerprint density at radius 1 is 1.45 bits per heavy atom. The van der Waals surface area contributed by atoms with Crippen molar-refractivity contribution in [2.24, 2.45) is 0 Å². The third-order valence-electron chi connectivity index (χ3n) is 2.82. The number of aromatic nitrogens is 3. The van der Waals surface area contributed by atoms with Gasteiger partial charge < -0.3 is 10.0 Å². The van der Waals surface area contributed by atoms with Crippen LogP contribution in [0.2, 0.25) is 0 Å². The number of amides is 1. The fourth-order valence-electron chi connectivity index (χ4n) is 1.77. The van der Waals surface area contributed by atoms with Crippen LogP contribution in [0.5, 0.6) is 0 Å². The summed E-state index contributed by atoms with van der Waals surface area (Å²) in [5.74, 6) is -1.44. The molecule has 8 nitrogen and oxygen atoms in total. The third-order valence-corrected chi connectivity index (χ3v) is 3.75. The maximum absolute atomic E-state index is 12.2. The summed E-state index contributed by atoms with van der Waals surface area (Å²) in [6, 6.07) is -0.725. The average Bonchev–Trinajstić information content (AvgIpc) is 2.78. The maximum Gasteiger partial charge on any atom is 0.344 e. The van der Waals surface area contributed by atoms with Crippen LogP contribution in [0.15, 0.2) is 9.95 Å². The largest absolute Gasteiger partial charge is 0.481 e. The fraction of sp³-hybridized carbons (Fsp3) is 0.636. The molecule has 1 aromatic rings. The van der Waals surface area contributed by atoms with E-state index in [9.17, 15) is 14.4 Å². The Hall–Kier alpha value is -1.77. The smallest absolute Gasteiger partial charge is 0.344 e. The summed E-state index contributed by atoms with van der Waals surface area (Å²) in [7, 11) is 0. The number of H-pyrrole nitrogens is 1. The van der Waals surface area contributed by atoms with Crippen LogP contribution in [0.1, 0.15) is 26.8 Å². The summed E-state index contributed by atoms with van der Waals surface area (Å²) in [5.41, 5.74) is -0.522. The Labute approximate surface area is 120 Å². The number of aliphatic carboxylic acids is 1. The minimum absolute atomic E-state index is 0.198. The number of thioether (sulfide) groups is 1. The Kier molecular flexibility index (Phi) is 5.81. The number of likely N-dealkylation sites (N-methyl/N-ethyl adjacent to an activating group) is 1. The molecule has 1 atom stereocenters. The summed E-state index contributed by atoms with van der Waals surface area (Å²) in [4.78, 5) is 36.2. The molecular weight excluding hydrogens is 284 g/mol. The molecule has 0 aliphatic carbocycles. The quantitative estimate of drug-likeness (QED) is 0.695. The minimum Gasteiger partial charge on any atom is -0.481 e. The van der Waals surface area contributed by atoms with Gasteiger partial charge in [0.2, 0.25) is 5.91 Å². The monoisotopic (exact) mass is 302 g/mol. The van der Waals surface area contributed by atoms with E-state index >= 15 is 0 Å². The SMILES string of the molecule is CCN(CC)C(=O)C(C)n1c(SCC(=O)O)n[nH]c1=O. The molecule has 0 radical (unpaired) electrons. The highest BCUT2D eigenvalue weighted by molar-refractivity contribution is 7.99. The van der Waals surface area contributed by atoms with Gasteiger partial charge in [-0.05, 0) is 20.8 Å². The van der Waals surface area contributed by atoms with E-state index in [-0.39, 0.29) is 16.8 Å². The highest BCUT2D eigenvalue weighted by atomic mass is 32.2. The summed E-state index contributed by atoms with van der Waals surface area (Å²) < 4.78 is 1.19. The van der Waals surface area contributed by atoms with E-state index in [0.717, 1.165) is 11.8 Å². The predicted octanol–water partition coefficient (Wildman–Crippen LogP) is 0.177. The first-order chi connectivity index (χ1) is 9.42. The topological polar surface area (TPSA) is 108 Å². The summed E-state index contributed by atoms with van der Waals surface area (Å²) in [6.45, 7) is 6.40. The van der Waals surface area contributed by atoms with Gasteiger partial charge in [-0.15, -0.1) is 5.10 Å². The van der Waals surface area contributed by atoms with E-state index in [0.29, 0.717) is 13.1 Å². The van der Waals surface area contributed by atoms with Crippen molar-refractivity contribution in [3.05, 3.63) is 10.5 Å². The Bertz CT molecular complexity index is 535. The van der Waals surface area contributed by atoms with Gasteiger partial charge in [-0.3, -0.25) is 14.2 Å². The predicted molar refractivity (Wildman–Crippen MR) is 73.8 cm³/mol. The standard InChI is InChI=1S/C11H18N4O4S/c1-4-14(5-2)9(18)7(3)15-10(19)12-13-11(15)20-6-8(16)17/h7H,4-6H2,1-3H3,(H,12,19)(H,16,17). The molecular formula is C11H18N4O4S. The van der Waals surface area contributed by atoms with E-state index in [4.69, 9.17) is 5.11 Å². The maximum atomic E-state index is 12.2. The molecule has 1 rings (SSSR count). The van der Waals surface area contributed by atoms with Crippen molar-refractivity contribution in [3.63, 3.8) is 0 Å². The van der Waals surface area contributed by atoms with Crippen LogP contribution >= 0.6 is 11.8 Å². The first-order valence-corrected chi connectivity index (χ1v) is 7.21. The van der Waals surface area contributed by atoms with Crippen molar-refractivity contribution < 1.29 is 14.7 Å². The summed E-state index contributed by atoms with van der Waals surface area (Å²) >= 11 is 0.899. The van der Waals surface area contributed by atoms with Crippen LogP contribution < -0.4 is 5.69 Å². The van der Waals surface area contributed by atoms with E-state index in [1.165, 1.54) is 4.57 Å². The molecule has 112 valence electrons. The van der Waals surface area contributed by atoms with Crippen LogP contribution in [-0.4, -0.2) is 55.5 Å². The number of rotatable bonds is 7. The minimum atomic E-state index is -1.01. The van der Waals surface area contributed by atoms with Crippen molar-refractivity contribution in [1.82, 2.24) is 19.7 Å². The summed E-state index contributed by atoms with van der Waals surface area (Å²) in [5, 5.41) is 14.9. The number of nitrogens with one attached hydrogen (secondary N) is 1. The van der Waals surface area contributed by atoms with Gasteiger partial charge >= 0.3 is 11.7 Å². The van der Waals surface area contributed by atoms with Gasteiger partial charge in [0.05, 0.1) is 5.75 Å². The lowest BCUT2D eigenvalue weighted by atomic mass is 10.3. The normalized spacial score (nSPS) is 12.2. The molecule has 0 saturated heterocycles. The van der Waals surface area contributed by atoms with E-state index in [1.807, 2.05) is 13.8 Å². The Morgan fingerprint density at radius 2 is 2.05 bits per heavy atom. The molecule has 0 aliphatic rings. The second-order valence-corrected chi connectivity index (χ2v) is 4.99. The van der Waals surface area contributed by atoms with Crippen LogP contribution in [0.25, 0.3) is 0 Å². The van der Waals surface area contributed by atoms with Crippen molar-refractivity contribution >= 4 is 23.6 Å². The molecule has 0 aliphatic heterocycles. The number of hydrogen-bond donors (Lipinski definition) is 2. The number of nitrogens with zero attached hydrogens (tertiary/aromatic N) is 3. The van der Waals surface area contributed by atoms with Gasteiger partial charge in [-0.25, -0.2) is 9.89 Å². The van der Waals surface area contributed by atoms with E-state index in [2.05, 4.69) is 10.2 Å². The number of carboxylic acid groups (broad SMARTS) is 1. The van der Waals surface area contributed by atoms with Crippen LogP contribution in [0.3, 0.4) is 0 Å². The van der Waals surface area contributed by atoms with Gasteiger partial charge in [0.25, 0.3) is 0 Å². The van der Waals surface area contributed by atoms with Gasteiger partial charge in [0.1, 0.15) is 6.04 Å². The van der Waals surface area contributed by atoms with E-state index < -0.39 is 17.7 Å². The molecule has 2 N–H and O–H groups in total. The van der Waals surface area contributed by atoms with Crippen molar-refractivity contribution in [1.29, 1.82) is 0 Å². The first kappa shape index (κ1) is 16.3. The number of carboxylic acids is 1. The van der Waals surface area contributed by atoms with Crippen molar-refractivity contribution in [2.45, 2.75) is 32.0 Å². The molecule has 9 heteroatoms. The molecule has 0 spiro atoms. The molecule has 1 aromatic heterocycles. The van der Waals surface area contributed by atoms with Crippen LogP contribution in [-0.2, 0) is 9.59 Å². The first-order valence-electron chi connectivity index (χ1n) is 6.22. The Morgan fingerprint density at radius 3 is 2.55 bits per heavy atom. The highest BCUT2D eigenvalue weighted by Gasteiger charge is 2.24. The number of carbonyl (C=O) groups excluding carboxylic acids is 1. The molecule has 1 unspecified atom stereocenters. The highest BCUT2D eigenvalue weighted by Crippen LogP contribution is 2.18. The molecule has 0 aromatic carbocycles. The lowest BCUT2D eigenvalue weighted by Gasteiger charge is -2.23. The molecule has 20 heavy (non-hydrogen) atoms. The number of hydrogen-bond acceptors (Lipinski definition) is 5. The zero-order chi connectivity index (χ0) is 15.3. The van der Waals surface area contributed by atoms with E-state index in [1.54, 1.807) is 11.8 Å². The third kappa shape index (κ3) is 3.62. The van der Waals surface area contributed by atoms with Gasteiger partial charge in [-0.1, -0.05) is 11.8 Å². The molecule has 0 saturated carbocycles. The van der Waals surface area contributed by atoms with Crippen LogP contribution in [0, 0.1) is 0 Å². The van der Waals surface area contributed by atoms with Gasteiger partial charge in [-0.2, -0.15) is 0 Å². The van der Waals surface area contributed by atoms with Crippen LogP contribution in [0.4, 0.5) is 0 Å². The molecule has 0 fully saturated rings. The fourth-order valence-corrected chi connectivity index (χ4v) is 2.51. The molecule has 1 amide bonds. The zero-order valence-electron chi connectivity index (χ0n) is 11.6.